The number of Topliss-reactive ketones (excluding diaryl/α,β-unsaturated/α-hetero) is 1. The highest BCUT2D eigenvalue weighted by Crippen LogP contribution is 2.34. The first-order valence-electron chi connectivity index (χ1n) is 10.3. The molecule has 0 spiro atoms. The van der Waals surface area contributed by atoms with Gasteiger partial charge in [0, 0.05) is 23.5 Å². The number of aliphatic carboxylic acids is 1. The Balaban J connectivity index is 1.79. The topological polar surface area (TPSA) is 87.0 Å². The summed E-state index contributed by atoms with van der Waals surface area (Å²) in [6.07, 6.45) is 3.89. The number of nitrogens with zero attached hydrogens (tertiary/aromatic N) is 2. The molecule has 2 aromatic carbocycles. The highest BCUT2D eigenvalue weighted by molar-refractivity contribution is 6.16. The third-order valence-electron chi connectivity index (χ3n) is 5.91. The predicted octanol–water partition coefficient (Wildman–Crippen LogP) is 3.60. The summed E-state index contributed by atoms with van der Waals surface area (Å²) in [6.45, 7) is -0.544. The molecule has 1 aliphatic heterocycles. The first-order valence-corrected chi connectivity index (χ1v) is 10.3. The number of carbonyl (C=O) groups excluding carboxylic acids is 2. The van der Waals surface area contributed by atoms with Gasteiger partial charge in [0.15, 0.2) is 0 Å². The molecule has 2 aromatic rings. The highest BCUT2D eigenvalue weighted by atomic mass is 16.4. The molecule has 1 heterocycles. The van der Waals surface area contributed by atoms with E-state index in [1.165, 1.54) is 0 Å². The van der Waals surface area contributed by atoms with Crippen LogP contribution in [0.25, 0.3) is 0 Å². The van der Waals surface area contributed by atoms with Gasteiger partial charge in [0.1, 0.15) is 12.3 Å². The summed E-state index contributed by atoms with van der Waals surface area (Å²) < 4.78 is 0. The molecule has 2 aliphatic rings. The molecule has 6 nitrogen and oxygen atoms in total. The number of rotatable bonds is 6. The molecule has 1 atom stereocenters. The Kier molecular flexibility index (Phi) is 5.74. The zero-order valence-corrected chi connectivity index (χ0v) is 16.7. The lowest BCUT2D eigenvalue weighted by molar-refractivity contribution is -0.145. The van der Waals surface area contributed by atoms with Gasteiger partial charge in [0.25, 0.3) is 5.91 Å². The van der Waals surface area contributed by atoms with Gasteiger partial charge >= 0.3 is 5.97 Å². The van der Waals surface area contributed by atoms with Gasteiger partial charge in [-0.15, -0.1) is 0 Å². The Morgan fingerprint density at radius 2 is 1.67 bits per heavy atom. The van der Waals surface area contributed by atoms with Crippen molar-refractivity contribution in [3.05, 3.63) is 71.3 Å². The summed E-state index contributed by atoms with van der Waals surface area (Å²) in [4.78, 5) is 37.8. The van der Waals surface area contributed by atoms with Gasteiger partial charge < -0.3 is 5.11 Å². The number of carbonyl (C=O) groups is 3. The van der Waals surface area contributed by atoms with Gasteiger partial charge in [-0.2, -0.15) is 5.10 Å². The van der Waals surface area contributed by atoms with Crippen LogP contribution >= 0.6 is 0 Å². The zero-order chi connectivity index (χ0) is 21.1. The second kappa shape index (κ2) is 8.61. The third-order valence-corrected chi connectivity index (χ3v) is 5.91. The largest absolute Gasteiger partial charge is 0.480 e. The van der Waals surface area contributed by atoms with Crippen molar-refractivity contribution < 1.29 is 19.5 Å². The van der Waals surface area contributed by atoms with Crippen molar-refractivity contribution in [1.82, 2.24) is 5.01 Å². The predicted molar refractivity (Wildman–Crippen MR) is 112 cm³/mol. The van der Waals surface area contributed by atoms with Gasteiger partial charge in [0.2, 0.25) is 0 Å². The van der Waals surface area contributed by atoms with Crippen molar-refractivity contribution in [1.29, 1.82) is 0 Å². The maximum absolute atomic E-state index is 13.4. The van der Waals surface area contributed by atoms with Crippen molar-refractivity contribution in [2.75, 3.05) is 6.54 Å². The van der Waals surface area contributed by atoms with Gasteiger partial charge in [0.05, 0.1) is 11.6 Å². The average molecular weight is 404 g/mol. The summed E-state index contributed by atoms with van der Waals surface area (Å²) >= 11 is 0. The fraction of sp³-hybridized carbons (Fsp3) is 0.333. The van der Waals surface area contributed by atoms with Gasteiger partial charge in [-0.25, -0.2) is 5.01 Å². The summed E-state index contributed by atoms with van der Waals surface area (Å²) in [5, 5.41) is 14.8. The van der Waals surface area contributed by atoms with Crippen LogP contribution in [0.5, 0.6) is 0 Å². The van der Waals surface area contributed by atoms with E-state index in [2.05, 4.69) is 5.10 Å². The molecule has 1 aliphatic carbocycles. The normalized spacial score (nSPS) is 19.2. The third kappa shape index (κ3) is 4.03. The van der Waals surface area contributed by atoms with Crippen molar-refractivity contribution in [2.45, 2.75) is 38.0 Å². The summed E-state index contributed by atoms with van der Waals surface area (Å²) in [5.74, 6) is -2.25. The Morgan fingerprint density at radius 3 is 2.37 bits per heavy atom. The van der Waals surface area contributed by atoms with Crippen LogP contribution in [0.15, 0.2) is 59.7 Å². The molecular weight excluding hydrogens is 380 g/mol. The van der Waals surface area contributed by atoms with Gasteiger partial charge in [-0.05, 0) is 18.4 Å². The monoisotopic (exact) mass is 404 g/mol. The smallest absolute Gasteiger partial charge is 0.325 e. The fourth-order valence-corrected chi connectivity index (χ4v) is 4.42. The number of hydrazone groups is 1. The minimum atomic E-state index is -1.15. The second-order valence-electron chi connectivity index (χ2n) is 7.90. The maximum atomic E-state index is 13.4. The minimum absolute atomic E-state index is 0.00403. The minimum Gasteiger partial charge on any atom is -0.480 e. The molecule has 0 radical (unpaired) electrons. The van der Waals surface area contributed by atoms with Crippen molar-refractivity contribution >= 4 is 23.4 Å². The molecule has 0 saturated heterocycles. The first kappa shape index (κ1) is 20.0. The quantitative estimate of drug-likeness (QED) is 0.797. The summed E-state index contributed by atoms with van der Waals surface area (Å²) in [5.41, 5.74) is 2.81. The van der Waals surface area contributed by atoms with Crippen LogP contribution in [0.2, 0.25) is 0 Å². The van der Waals surface area contributed by atoms with Gasteiger partial charge in [-0.3, -0.25) is 14.4 Å². The molecule has 154 valence electrons. The molecule has 1 unspecified atom stereocenters. The van der Waals surface area contributed by atoms with Crippen LogP contribution in [-0.4, -0.2) is 40.0 Å². The van der Waals surface area contributed by atoms with Crippen molar-refractivity contribution in [3.8, 4) is 0 Å². The van der Waals surface area contributed by atoms with Crippen LogP contribution in [0.4, 0.5) is 0 Å². The van der Waals surface area contributed by atoms with E-state index < -0.39 is 24.3 Å². The molecule has 30 heavy (non-hydrogen) atoms. The van der Waals surface area contributed by atoms with Gasteiger partial charge in [-0.1, -0.05) is 67.4 Å². The molecule has 1 N–H and O–H groups in total. The number of hydrogen-bond acceptors (Lipinski definition) is 4. The van der Waals surface area contributed by atoms with Crippen LogP contribution in [0.3, 0.4) is 0 Å². The lowest BCUT2D eigenvalue weighted by Gasteiger charge is -2.21. The van der Waals surface area contributed by atoms with Crippen LogP contribution in [0, 0.1) is 5.92 Å². The van der Waals surface area contributed by atoms with Crippen LogP contribution in [-0.2, 0) is 14.4 Å². The molecular formula is C24H24N2O4. The van der Waals surface area contributed by atoms with E-state index in [-0.39, 0.29) is 18.1 Å². The number of carboxylic acids is 1. The molecule has 1 saturated carbocycles. The summed E-state index contributed by atoms with van der Waals surface area (Å²) in [6, 6.07) is 16.8. The number of fused-ring (bicyclic) bond motifs is 1. The average Bonchev–Trinajstić information content (AvgIpc) is 3.27. The standard InChI is InChI=1S/C24H24N2O4/c27-21(16-8-4-5-9-16)14-20-18-12-6-7-13-19(18)23(17-10-2-1-3-11-17)25-26(24(20)30)15-22(28)29/h1-3,6-7,10-13,16,20H,4-5,8-9,14-15H2,(H,28,29). The second-order valence-corrected chi connectivity index (χ2v) is 7.90. The van der Waals surface area contributed by atoms with E-state index in [4.69, 9.17) is 0 Å². The van der Waals surface area contributed by atoms with Crippen molar-refractivity contribution in [2.24, 2.45) is 11.0 Å². The van der Waals surface area contributed by atoms with E-state index in [0.29, 0.717) is 5.71 Å². The number of hydrogen-bond donors (Lipinski definition) is 1. The Hall–Kier alpha value is -3.28. The zero-order valence-electron chi connectivity index (χ0n) is 16.7. The molecule has 1 fully saturated rings. The molecule has 4 rings (SSSR count). The number of carboxylic acid groups (broad SMARTS) is 1. The van der Waals surface area contributed by atoms with Crippen LogP contribution < -0.4 is 0 Å². The molecule has 1 amide bonds. The summed E-state index contributed by atoms with van der Waals surface area (Å²) in [7, 11) is 0. The first-order chi connectivity index (χ1) is 14.5. The van der Waals surface area contributed by atoms with E-state index in [1.54, 1.807) is 0 Å². The molecule has 0 bridgehead atoms. The number of ketones is 1. The van der Waals surface area contributed by atoms with E-state index >= 15 is 0 Å². The van der Waals surface area contributed by atoms with E-state index in [9.17, 15) is 19.5 Å². The lowest BCUT2D eigenvalue weighted by atomic mass is 9.84. The molecule has 0 aromatic heterocycles. The number of amides is 1. The molecule has 6 heteroatoms. The lowest BCUT2D eigenvalue weighted by Crippen LogP contribution is -2.35. The SMILES string of the molecule is O=C(O)CN1N=C(c2ccccc2)c2ccccc2C(CC(=O)C2CCCC2)C1=O. The van der Waals surface area contributed by atoms with E-state index in [0.717, 1.165) is 47.4 Å². The Labute approximate surface area is 175 Å². The Bertz CT molecular complexity index is 993. The Morgan fingerprint density at radius 1 is 1.00 bits per heavy atom. The fourth-order valence-electron chi connectivity index (χ4n) is 4.42. The van der Waals surface area contributed by atoms with E-state index in [1.807, 2.05) is 54.6 Å². The van der Waals surface area contributed by atoms with Crippen LogP contribution in [0.1, 0.15) is 54.7 Å². The number of benzene rings is 2. The van der Waals surface area contributed by atoms with Crippen molar-refractivity contribution in [3.63, 3.8) is 0 Å². The highest BCUT2D eigenvalue weighted by Gasteiger charge is 2.36. The maximum Gasteiger partial charge on any atom is 0.325 e.